The molecule has 0 atom stereocenters. The first-order valence-electron chi connectivity index (χ1n) is 7.34. The molecule has 0 unspecified atom stereocenters. The number of hydrogen-bond acceptors (Lipinski definition) is 5. The Hall–Kier alpha value is -3.00. The van der Waals surface area contributed by atoms with E-state index in [-0.39, 0.29) is 28.5 Å². The van der Waals surface area contributed by atoms with Gasteiger partial charge in [-0.05, 0) is 24.6 Å². The average Bonchev–Trinajstić information content (AvgIpc) is 2.55. The number of fused-ring (bicyclic) bond motifs is 2. The highest BCUT2D eigenvalue weighted by Gasteiger charge is 2.16. The molecule has 0 aromatic carbocycles. The van der Waals surface area contributed by atoms with E-state index in [1.807, 2.05) is 13.0 Å². The van der Waals surface area contributed by atoms with Crippen molar-refractivity contribution in [2.24, 2.45) is 5.73 Å². The summed E-state index contributed by atoms with van der Waals surface area (Å²) in [5.41, 5.74) is 6.61. The van der Waals surface area contributed by atoms with Gasteiger partial charge in [-0.15, -0.1) is 0 Å². The fourth-order valence-electron chi connectivity index (χ4n) is 2.68. The number of pyridine rings is 2. The Morgan fingerprint density at radius 2 is 2.17 bits per heavy atom. The Balaban J connectivity index is 2.53. The van der Waals surface area contributed by atoms with Crippen molar-refractivity contribution in [3.63, 3.8) is 0 Å². The summed E-state index contributed by atoms with van der Waals surface area (Å²) in [7, 11) is 1.53. The van der Waals surface area contributed by atoms with Gasteiger partial charge in [-0.1, -0.05) is 6.07 Å². The van der Waals surface area contributed by atoms with Crippen LogP contribution in [-0.2, 0) is 11.3 Å². The third-order valence-corrected chi connectivity index (χ3v) is 3.92. The zero-order valence-electron chi connectivity index (χ0n) is 13.4. The molecule has 3 aromatic rings. The van der Waals surface area contributed by atoms with Crippen molar-refractivity contribution in [2.45, 2.75) is 13.5 Å². The molecule has 0 radical (unpaired) electrons. The van der Waals surface area contributed by atoms with Gasteiger partial charge in [-0.25, -0.2) is 4.98 Å². The predicted molar refractivity (Wildman–Crippen MR) is 87.9 cm³/mol. The molecule has 0 bridgehead atoms. The zero-order chi connectivity index (χ0) is 17.4. The lowest BCUT2D eigenvalue weighted by Gasteiger charge is -2.13. The van der Waals surface area contributed by atoms with Crippen LogP contribution in [-0.4, -0.2) is 33.6 Å². The van der Waals surface area contributed by atoms with Crippen LogP contribution in [0.5, 0.6) is 0 Å². The molecule has 0 aliphatic heterocycles. The largest absolute Gasteiger partial charge is 0.383 e. The topological polar surface area (TPSA) is 115 Å². The molecule has 3 aromatic heterocycles. The summed E-state index contributed by atoms with van der Waals surface area (Å²) in [6.45, 7) is 2.44. The summed E-state index contributed by atoms with van der Waals surface area (Å²) >= 11 is 0. The Morgan fingerprint density at radius 1 is 1.42 bits per heavy atom. The second-order valence-corrected chi connectivity index (χ2v) is 5.45. The van der Waals surface area contributed by atoms with Crippen LogP contribution < -0.4 is 16.8 Å². The average molecular weight is 327 g/mol. The Labute approximate surface area is 136 Å². The first-order chi connectivity index (χ1) is 11.5. The molecule has 124 valence electrons. The van der Waals surface area contributed by atoms with Crippen molar-refractivity contribution >= 4 is 22.6 Å². The van der Waals surface area contributed by atoms with Crippen LogP contribution in [0.25, 0.3) is 16.7 Å². The number of aryl methyl sites for hydroxylation is 1. The predicted octanol–water partition coefficient (Wildman–Crippen LogP) is 0.182. The number of rotatable bonds is 4. The van der Waals surface area contributed by atoms with Crippen molar-refractivity contribution in [1.82, 2.24) is 14.0 Å². The SMILES string of the molecule is COCCn1c(=N)c(C(N)=O)cc2c(=O)n3cccc(C)c3nc21. The molecule has 0 spiro atoms. The normalized spacial score (nSPS) is 11.2. The highest BCUT2D eigenvalue weighted by atomic mass is 16.5. The second-order valence-electron chi connectivity index (χ2n) is 5.45. The van der Waals surface area contributed by atoms with Crippen LogP contribution in [0.2, 0.25) is 0 Å². The van der Waals surface area contributed by atoms with Gasteiger partial charge in [0, 0.05) is 19.9 Å². The Morgan fingerprint density at radius 3 is 2.83 bits per heavy atom. The number of primary amides is 1. The molecule has 3 heterocycles. The van der Waals surface area contributed by atoms with Gasteiger partial charge in [0.05, 0.1) is 17.6 Å². The molecule has 0 aliphatic rings. The molecule has 8 nitrogen and oxygen atoms in total. The summed E-state index contributed by atoms with van der Waals surface area (Å²) in [6, 6.07) is 4.95. The van der Waals surface area contributed by atoms with E-state index in [4.69, 9.17) is 15.9 Å². The minimum Gasteiger partial charge on any atom is -0.383 e. The molecule has 3 rings (SSSR count). The van der Waals surface area contributed by atoms with E-state index in [1.165, 1.54) is 22.1 Å². The smallest absolute Gasteiger partial charge is 0.267 e. The molecule has 0 aliphatic carbocycles. The first kappa shape index (κ1) is 15.9. The molecule has 8 heteroatoms. The summed E-state index contributed by atoms with van der Waals surface area (Å²) < 4.78 is 7.96. The highest BCUT2D eigenvalue weighted by molar-refractivity contribution is 5.95. The van der Waals surface area contributed by atoms with Crippen molar-refractivity contribution in [3.8, 4) is 0 Å². The van der Waals surface area contributed by atoms with Crippen LogP contribution in [0.1, 0.15) is 15.9 Å². The number of nitrogens with zero attached hydrogens (tertiary/aromatic N) is 3. The quantitative estimate of drug-likeness (QED) is 0.665. The lowest BCUT2D eigenvalue weighted by Crippen LogP contribution is -2.33. The molecular formula is C16H17N5O3. The van der Waals surface area contributed by atoms with Crippen LogP contribution >= 0.6 is 0 Å². The van der Waals surface area contributed by atoms with Gasteiger partial charge < -0.3 is 15.0 Å². The molecule has 0 saturated carbocycles. The van der Waals surface area contributed by atoms with Crippen LogP contribution in [0.3, 0.4) is 0 Å². The molecule has 1 amide bonds. The molecule has 24 heavy (non-hydrogen) atoms. The number of aromatic nitrogens is 3. The van der Waals surface area contributed by atoms with E-state index in [1.54, 1.807) is 12.3 Å². The number of amides is 1. The maximum absolute atomic E-state index is 12.8. The van der Waals surface area contributed by atoms with Crippen molar-refractivity contribution < 1.29 is 9.53 Å². The number of nitrogens with two attached hydrogens (primary N) is 1. The molecule has 0 fully saturated rings. The molecule has 0 saturated heterocycles. The van der Waals surface area contributed by atoms with Gasteiger partial charge in [0.1, 0.15) is 16.8 Å². The van der Waals surface area contributed by atoms with E-state index < -0.39 is 5.91 Å². The van der Waals surface area contributed by atoms with Gasteiger partial charge in [-0.3, -0.25) is 19.4 Å². The number of carbonyl (C=O) groups excluding carboxylic acids is 1. The summed E-state index contributed by atoms with van der Waals surface area (Å²) in [6.07, 6.45) is 1.62. The maximum Gasteiger partial charge on any atom is 0.267 e. The van der Waals surface area contributed by atoms with Crippen LogP contribution in [0.15, 0.2) is 29.2 Å². The summed E-state index contributed by atoms with van der Waals surface area (Å²) in [5.74, 6) is -0.762. The van der Waals surface area contributed by atoms with Gasteiger partial charge in [0.2, 0.25) is 0 Å². The van der Waals surface area contributed by atoms with E-state index in [0.29, 0.717) is 17.9 Å². The third-order valence-electron chi connectivity index (χ3n) is 3.92. The maximum atomic E-state index is 12.8. The van der Waals surface area contributed by atoms with E-state index in [0.717, 1.165) is 5.56 Å². The monoisotopic (exact) mass is 327 g/mol. The number of ether oxygens (including phenoxy) is 1. The second kappa shape index (κ2) is 5.89. The van der Waals surface area contributed by atoms with Crippen LogP contribution in [0, 0.1) is 12.3 Å². The van der Waals surface area contributed by atoms with Crippen molar-refractivity contribution in [3.05, 3.63) is 51.4 Å². The fraction of sp³-hybridized carbons (Fsp3) is 0.250. The lowest BCUT2D eigenvalue weighted by molar-refractivity contribution is 0.0997. The number of nitrogens with one attached hydrogen (secondary N) is 1. The molecule has 3 N–H and O–H groups in total. The van der Waals surface area contributed by atoms with Gasteiger partial charge >= 0.3 is 0 Å². The third kappa shape index (κ3) is 2.37. The van der Waals surface area contributed by atoms with Crippen LogP contribution in [0.4, 0.5) is 0 Å². The molecular weight excluding hydrogens is 310 g/mol. The minimum absolute atomic E-state index is 0.0230. The van der Waals surface area contributed by atoms with E-state index in [2.05, 4.69) is 4.98 Å². The summed E-state index contributed by atoms with van der Waals surface area (Å²) in [5, 5.41) is 8.46. The van der Waals surface area contributed by atoms with E-state index >= 15 is 0 Å². The van der Waals surface area contributed by atoms with Crippen molar-refractivity contribution in [2.75, 3.05) is 13.7 Å². The minimum atomic E-state index is -0.762. The highest BCUT2D eigenvalue weighted by Crippen LogP contribution is 2.12. The lowest BCUT2D eigenvalue weighted by atomic mass is 10.2. The Kier molecular flexibility index (Phi) is 3.90. The Bertz CT molecular complexity index is 1080. The standard InChI is InChI=1S/C16H17N5O3/c1-9-4-3-5-21-14(9)19-15-11(16(21)23)8-10(13(18)22)12(17)20(15)6-7-24-2/h3-5,8,17H,6-7H2,1-2H3,(H2,18,22). The van der Waals surface area contributed by atoms with Gasteiger partial charge in [0.25, 0.3) is 11.5 Å². The van der Waals surface area contributed by atoms with Gasteiger partial charge in [0.15, 0.2) is 0 Å². The van der Waals surface area contributed by atoms with Gasteiger partial charge in [-0.2, -0.15) is 0 Å². The van der Waals surface area contributed by atoms with Crippen molar-refractivity contribution in [1.29, 1.82) is 5.41 Å². The number of methoxy groups -OCH3 is 1. The first-order valence-corrected chi connectivity index (χ1v) is 7.34. The zero-order valence-corrected chi connectivity index (χ0v) is 13.4. The number of hydrogen-bond donors (Lipinski definition) is 2. The fourth-order valence-corrected chi connectivity index (χ4v) is 2.68. The van der Waals surface area contributed by atoms with E-state index in [9.17, 15) is 9.59 Å². The number of carbonyl (C=O) groups is 1. The summed E-state index contributed by atoms with van der Waals surface area (Å²) in [4.78, 5) is 29.0.